The molecule has 0 bridgehead atoms. The number of rotatable bonds is 6. The first-order valence-corrected chi connectivity index (χ1v) is 8.31. The Morgan fingerprint density at radius 1 is 0.963 bits per heavy atom. The summed E-state index contributed by atoms with van der Waals surface area (Å²) in [5.41, 5.74) is -2.48. The number of aliphatic hydroxyl groups excluding tert-OH is 6. The molecule has 12 nitrogen and oxygen atoms in total. The van der Waals surface area contributed by atoms with Crippen molar-refractivity contribution >= 4 is 0 Å². The van der Waals surface area contributed by atoms with E-state index in [1.807, 2.05) is 0 Å². The molecule has 156 valence electrons. The van der Waals surface area contributed by atoms with Gasteiger partial charge in [-0.25, -0.2) is 0 Å². The lowest BCUT2D eigenvalue weighted by molar-refractivity contribution is -0.406. The first kappa shape index (κ1) is 21.0. The van der Waals surface area contributed by atoms with Crippen molar-refractivity contribution < 1.29 is 59.8 Å². The highest BCUT2D eigenvalue weighted by atomic mass is 17.0. The maximum atomic E-state index is 10.8. The molecule has 0 saturated carbocycles. The van der Waals surface area contributed by atoms with Crippen molar-refractivity contribution in [2.75, 3.05) is 19.8 Å². The van der Waals surface area contributed by atoms with Gasteiger partial charge in [-0.15, -0.1) is 0 Å². The second kappa shape index (κ2) is 6.66. The molecule has 3 fully saturated rings. The Morgan fingerprint density at radius 2 is 1.59 bits per heavy atom. The number of epoxide rings is 1. The first-order valence-electron chi connectivity index (χ1n) is 8.31. The average molecular weight is 396 g/mol. The van der Waals surface area contributed by atoms with Crippen LogP contribution >= 0.6 is 0 Å². The van der Waals surface area contributed by atoms with E-state index in [-0.39, 0.29) is 0 Å². The van der Waals surface area contributed by atoms with E-state index < -0.39 is 73.5 Å². The normalized spacial score (nSPS) is 55.1. The molecule has 3 heterocycles. The zero-order valence-corrected chi connectivity index (χ0v) is 14.4. The van der Waals surface area contributed by atoms with E-state index in [0.29, 0.717) is 0 Å². The standard InChI is InChI=1S/C15H24O12/c1-2-3-12(22)10(20)8(5-17)25-15(14(12,23)27-15)26-13(6-18)11(21)9(19)7(4-16)24-13/h2-3,7-11,16-23H,4-6H2,1H3/b3-2+/t7-,8-,9-,10-,11+,12+,13?,14+,15-/m1/s1. The monoisotopic (exact) mass is 396 g/mol. The molecular formula is C15H24O12. The lowest BCUT2D eigenvalue weighted by atomic mass is 9.83. The number of aliphatic hydroxyl groups is 8. The third-order valence-corrected chi connectivity index (χ3v) is 5.12. The van der Waals surface area contributed by atoms with Crippen molar-refractivity contribution in [3.8, 4) is 0 Å². The van der Waals surface area contributed by atoms with Gasteiger partial charge in [-0.1, -0.05) is 6.08 Å². The molecule has 12 heteroatoms. The van der Waals surface area contributed by atoms with Crippen LogP contribution < -0.4 is 0 Å². The van der Waals surface area contributed by atoms with Crippen LogP contribution in [0.25, 0.3) is 0 Å². The highest BCUT2D eigenvalue weighted by Gasteiger charge is 2.89. The van der Waals surface area contributed by atoms with Gasteiger partial charge in [-0.3, -0.25) is 9.47 Å². The van der Waals surface area contributed by atoms with Gasteiger partial charge in [0.15, 0.2) is 5.60 Å². The van der Waals surface area contributed by atoms with Gasteiger partial charge in [0.1, 0.15) is 37.1 Å². The quantitative estimate of drug-likeness (QED) is 0.158. The third-order valence-electron chi connectivity index (χ3n) is 5.12. The van der Waals surface area contributed by atoms with Crippen LogP contribution in [0.15, 0.2) is 12.2 Å². The molecule has 9 atom stereocenters. The molecule has 0 aliphatic carbocycles. The van der Waals surface area contributed by atoms with Crippen molar-refractivity contribution in [1.82, 2.24) is 0 Å². The van der Waals surface area contributed by atoms with Gasteiger partial charge in [-0.05, 0) is 13.0 Å². The lowest BCUT2D eigenvalue weighted by Gasteiger charge is -2.43. The third kappa shape index (κ3) is 2.62. The number of hydrogen-bond acceptors (Lipinski definition) is 12. The molecule has 0 amide bonds. The second-order valence-electron chi connectivity index (χ2n) is 6.76. The Kier molecular flexibility index (Phi) is 5.17. The van der Waals surface area contributed by atoms with Gasteiger partial charge in [0.2, 0.25) is 5.79 Å². The molecule has 3 rings (SSSR count). The van der Waals surface area contributed by atoms with Crippen LogP contribution in [0.5, 0.6) is 0 Å². The molecule has 8 N–H and O–H groups in total. The topological polar surface area (TPSA) is 202 Å². The van der Waals surface area contributed by atoms with Crippen molar-refractivity contribution in [3.05, 3.63) is 12.2 Å². The fourth-order valence-corrected chi connectivity index (χ4v) is 3.54. The molecule has 0 aromatic carbocycles. The van der Waals surface area contributed by atoms with Crippen LogP contribution in [0.4, 0.5) is 0 Å². The van der Waals surface area contributed by atoms with E-state index in [4.69, 9.17) is 18.9 Å². The number of fused-ring (bicyclic) bond motifs is 1. The number of hydrogen-bond donors (Lipinski definition) is 8. The summed E-state index contributed by atoms with van der Waals surface area (Å²) in [4.78, 5) is 0. The maximum Gasteiger partial charge on any atom is 0.350 e. The summed E-state index contributed by atoms with van der Waals surface area (Å²) >= 11 is 0. The summed E-state index contributed by atoms with van der Waals surface area (Å²) in [7, 11) is 0. The van der Waals surface area contributed by atoms with Crippen LogP contribution in [-0.2, 0) is 18.9 Å². The predicted octanol–water partition coefficient (Wildman–Crippen LogP) is -4.76. The highest BCUT2D eigenvalue weighted by molar-refractivity contribution is 5.26. The maximum absolute atomic E-state index is 10.8. The van der Waals surface area contributed by atoms with Gasteiger partial charge >= 0.3 is 5.97 Å². The molecule has 3 saturated heterocycles. The average Bonchev–Trinajstić information content (AvgIpc) is 3.18. The van der Waals surface area contributed by atoms with Crippen molar-refractivity contribution in [1.29, 1.82) is 0 Å². The van der Waals surface area contributed by atoms with Gasteiger partial charge in [0.05, 0.1) is 13.2 Å². The number of ether oxygens (including phenoxy) is 4. The van der Waals surface area contributed by atoms with Crippen LogP contribution in [0.3, 0.4) is 0 Å². The van der Waals surface area contributed by atoms with Gasteiger partial charge in [0.25, 0.3) is 5.79 Å². The minimum atomic E-state index is -2.69. The van der Waals surface area contributed by atoms with Gasteiger partial charge in [-0.2, -0.15) is 0 Å². The Bertz CT molecular complexity index is 601. The van der Waals surface area contributed by atoms with Crippen LogP contribution in [0.2, 0.25) is 0 Å². The zero-order chi connectivity index (χ0) is 20.3. The Hall–Kier alpha value is -0.740. The number of allylic oxidation sites excluding steroid dienone is 1. The van der Waals surface area contributed by atoms with E-state index in [9.17, 15) is 40.9 Å². The van der Waals surface area contributed by atoms with Crippen LogP contribution in [0, 0.1) is 0 Å². The van der Waals surface area contributed by atoms with E-state index in [1.165, 1.54) is 13.0 Å². The molecule has 0 aromatic rings. The zero-order valence-electron chi connectivity index (χ0n) is 14.4. The fraction of sp³-hybridized carbons (Fsp3) is 0.867. The fourth-order valence-electron chi connectivity index (χ4n) is 3.54. The summed E-state index contributed by atoms with van der Waals surface area (Å²) in [6.45, 7) is -1.09. The molecule has 0 radical (unpaired) electrons. The summed E-state index contributed by atoms with van der Waals surface area (Å²) in [5, 5.41) is 80.3. The predicted molar refractivity (Wildman–Crippen MR) is 81.4 cm³/mol. The van der Waals surface area contributed by atoms with Crippen LogP contribution in [-0.4, -0.2) is 114 Å². The largest absolute Gasteiger partial charge is 0.394 e. The minimum absolute atomic E-state index is 0.719. The summed E-state index contributed by atoms with van der Waals surface area (Å²) in [6, 6.07) is 0. The van der Waals surface area contributed by atoms with Crippen molar-refractivity contribution in [2.45, 2.75) is 60.6 Å². The van der Waals surface area contributed by atoms with E-state index in [0.717, 1.165) is 6.08 Å². The van der Waals surface area contributed by atoms with E-state index in [1.54, 1.807) is 0 Å². The molecule has 3 aliphatic rings. The Morgan fingerprint density at radius 3 is 2.07 bits per heavy atom. The molecule has 1 unspecified atom stereocenters. The molecular weight excluding hydrogens is 372 g/mol. The lowest BCUT2D eigenvalue weighted by Crippen LogP contribution is -2.68. The first-order chi connectivity index (χ1) is 12.6. The summed E-state index contributed by atoms with van der Waals surface area (Å²) < 4.78 is 20.9. The minimum Gasteiger partial charge on any atom is -0.394 e. The van der Waals surface area contributed by atoms with Gasteiger partial charge < -0.3 is 50.3 Å². The Labute approximate surface area is 153 Å². The molecule has 3 aliphatic heterocycles. The summed E-state index contributed by atoms with van der Waals surface area (Å²) in [5.74, 6) is -7.64. The van der Waals surface area contributed by atoms with Crippen molar-refractivity contribution in [3.63, 3.8) is 0 Å². The van der Waals surface area contributed by atoms with Crippen LogP contribution in [0.1, 0.15) is 6.92 Å². The molecule has 0 spiro atoms. The smallest absolute Gasteiger partial charge is 0.350 e. The SMILES string of the molecule is C/C=C/[C@]1(O)[C@H](O)[C@@H](CO)O[C@]2(OC3(CO)O[C@H](CO)[C@@H](O)[C@@H]3O)O[C@]21O. The summed E-state index contributed by atoms with van der Waals surface area (Å²) in [6.07, 6.45) is -5.85. The van der Waals surface area contributed by atoms with E-state index >= 15 is 0 Å². The van der Waals surface area contributed by atoms with E-state index in [2.05, 4.69) is 0 Å². The van der Waals surface area contributed by atoms with Crippen molar-refractivity contribution in [2.24, 2.45) is 0 Å². The molecule has 27 heavy (non-hydrogen) atoms. The molecule has 0 aromatic heterocycles. The Balaban J connectivity index is 1.97. The second-order valence-corrected chi connectivity index (χ2v) is 6.76. The van der Waals surface area contributed by atoms with Gasteiger partial charge in [0, 0.05) is 0 Å². The highest BCUT2D eigenvalue weighted by Crippen LogP contribution is 2.62.